The van der Waals surface area contributed by atoms with Gasteiger partial charge in [0.15, 0.2) is 0 Å². The molecule has 0 saturated heterocycles. The third kappa shape index (κ3) is 6.28. The van der Waals surface area contributed by atoms with Crippen LogP contribution in [0.15, 0.2) is 97.1 Å². The highest BCUT2D eigenvalue weighted by Crippen LogP contribution is 2.52. The van der Waals surface area contributed by atoms with Crippen molar-refractivity contribution in [2.24, 2.45) is 5.41 Å². The normalized spacial score (nSPS) is 14.7. The molecule has 55 heavy (non-hydrogen) atoms. The topological polar surface area (TPSA) is 40.6 Å². The van der Waals surface area contributed by atoms with Gasteiger partial charge in [0.25, 0.3) is 0 Å². The zero-order chi connectivity index (χ0) is 39.1. The van der Waals surface area contributed by atoms with Crippen molar-refractivity contribution >= 4 is 23.2 Å². The van der Waals surface area contributed by atoms with Gasteiger partial charge in [0.05, 0.1) is 11.4 Å². The van der Waals surface area contributed by atoms with E-state index in [4.69, 9.17) is 0 Å². The highest BCUT2D eigenvalue weighted by atomic mass is 16.2. The summed E-state index contributed by atoms with van der Waals surface area (Å²) < 4.78 is 0. The van der Waals surface area contributed by atoms with Crippen LogP contribution in [-0.4, -0.2) is 25.9 Å². The number of carbonyl (C=O) groups is 2. The molecule has 2 aliphatic heterocycles. The van der Waals surface area contributed by atoms with Crippen molar-refractivity contribution in [3.63, 3.8) is 0 Å². The van der Waals surface area contributed by atoms with Crippen LogP contribution in [-0.2, 0) is 22.4 Å². The Morgan fingerprint density at radius 3 is 0.909 bits per heavy atom. The van der Waals surface area contributed by atoms with Crippen molar-refractivity contribution in [3.8, 4) is 44.5 Å². The number of aryl methyl sites for hydroxylation is 8. The molecule has 276 valence electrons. The Balaban J connectivity index is 1.36. The zero-order valence-corrected chi connectivity index (χ0v) is 33.9. The third-order valence-electron chi connectivity index (χ3n) is 11.6. The van der Waals surface area contributed by atoms with E-state index < -0.39 is 5.41 Å². The summed E-state index contributed by atoms with van der Waals surface area (Å²) in [5.74, 6) is -0.311. The summed E-state index contributed by atoms with van der Waals surface area (Å²) in [4.78, 5) is 33.9. The van der Waals surface area contributed by atoms with Gasteiger partial charge in [0.1, 0.15) is 5.41 Å². The second kappa shape index (κ2) is 13.2. The van der Waals surface area contributed by atoms with E-state index in [1.54, 1.807) is 9.80 Å². The Hall–Kier alpha value is -5.74. The summed E-state index contributed by atoms with van der Waals surface area (Å²) in [6.07, 6.45) is 0.633. The summed E-state index contributed by atoms with van der Waals surface area (Å²) in [7, 11) is 3.72. The van der Waals surface area contributed by atoms with Gasteiger partial charge in [0, 0.05) is 25.2 Å². The van der Waals surface area contributed by atoms with Crippen LogP contribution >= 0.6 is 0 Å². The van der Waals surface area contributed by atoms with Crippen LogP contribution < -0.4 is 9.80 Å². The molecule has 0 radical (unpaired) electrons. The van der Waals surface area contributed by atoms with Gasteiger partial charge in [-0.1, -0.05) is 117 Å². The van der Waals surface area contributed by atoms with Crippen molar-refractivity contribution in [1.29, 1.82) is 0 Å². The van der Waals surface area contributed by atoms with E-state index in [1.807, 2.05) is 14.1 Å². The first kappa shape index (κ1) is 36.2. The average Bonchev–Trinajstić information content (AvgIpc) is 3.10. The second-order valence-corrected chi connectivity index (χ2v) is 16.7. The quantitative estimate of drug-likeness (QED) is 0.170. The lowest BCUT2D eigenvalue weighted by molar-refractivity contribution is -0.141. The van der Waals surface area contributed by atoms with Gasteiger partial charge in [-0.15, -0.1) is 0 Å². The summed E-state index contributed by atoms with van der Waals surface area (Å²) >= 11 is 0. The molecule has 8 rings (SSSR count). The Morgan fingerprint density at radius 2 is 0.618 bits per heavy atom. The smallest absolute Gasteiger partial charge is 0.243 e. The highest BCUT2D eigenvalue weighted by molar-refractivity contribution is 6.21. The van der Waals surface area contributed by atoms with Crippen LogP contribution in [0.2, 0.25) is 0 Å². The maximum Gasteiger partial charge on any atom is 0.243 e. The van der Waals surface area contributed by atoms with Gasteiger partial charge in [-0.3, -0.25) is 9.59 Å². The minimum atomic E-state index is -1.30. The first-order valence-corrected chi connectivity index (χ1v) is 19.3. The van der Waals surface area contributed by atoms with E-state index in [1.165, 1.54) is 44.5 Å². The molecular formula is C51H50N2O2. The summed E-state index contributed by atoms with van der Waals surface area (Å²) in [6.45, 7) is 17.0. The molecule has 2 amide bonds. The Kier molecular flexibility index (Phi) is 8.72. The van der Waals surface area contributed by atoms with Crippen LogP contribution in [0, 0.1) is 60.8 Å². The van der Waals surface area contributed by atoms with Crippen molar-refractivity contribution < 1.29 is 9.59 Å². The predicted octanol–water partition coefficient (Wildman–Crippen LogP) is 11.5. The van der Waals surface area contributed by atoms with E-state index in [0.717, 1.165) is 67.0 Å². The largest absolute Gasteiger partial charge is 0.314 e. The lowest BCUT2D eigenvalue weighted by Crippen LogP contribution is -2.59. The molecule has 4 nitrogen and oxygen atoms in total. The molecule has 2 heterocycles. The van der Waals surface area contributed by atoms with E-state index in [-0.39, 0.29) is 11.8 Å². The number of rotatable bonds is 4. The van der Waals surface area contributed by atoms with Crippen LogP contribution in [0.25, 0.3) is 44.5 Å². The molecule has 0 atom stereocenters. The van der Waals surface area contributed by atoms with Crippen molar-refractivity contribution in [2.45, 2.75) is 68.2 Å². The van der Waals surface area contributed by atoms with Gasteiger partial charge >= 0.3 is 0 Å². The van der Waals surface area contributed by atoms with Crippen molar-refractivity contribution in [2.75, 3.05) is 23.9 Å². The Labute approximate surface area is 326 Å². The average molecular weight is 723 g/mol. The molecule has 0 N–H and O–H groups in total. The molecule has 6 aromatic carbocycles. The number of benzene rings is 6. The third-order valence-corrected chi connectivity index (χ3v) is 11.6. The minimum Gasteiger partial charge on any atom is -0.314 e. The lowest BCUT2D eigenvalue weighted by Gasteiger charge is -2.46. The van der Waals surface area contributed by atoms with Gasteiger partial charge in [-0.05, 0) is 137 Å². The molecule has 0 fully saturated rings. The predicted molar refractivity (Wildman–Crippen MR) is 229 cm³/mol. The molecule has 0 saturated carbocycles. The van der Waals surface area contributed by atoms with Crippen LogP contribution in [0.4, 0.5) is 11.4 Å². The first-order valence-electron chi connectivity index (χ1n) is 19.3. The molecule has 0 bridgehead atoms. The van der Waals surface area contributed by atoms with E-state index in [2.05, 4.69) is 152 Å². The SMILES string of the molecule is Cc1cc(C)cc(-c2cc3c(c(-c4cc(C)cc(C)c4)c2)N(C)C(=O)C2(C3)Cc3cc(-c4cc(C)cc(C)c4)cc(-c4cc(C)cc(C)c4)c3N(C)C2=O)c1. The van der Waals surface area contributed by atoms with Gasteiger partial charge in [-0.2, -0.15) is 0 Å². The number of hydrogen-bond acceptors (Lipinski definition) is 2. The fraction of sp³-hybridized carbons (Fsp3) is 0.255. The molecular weight excluding hydrogens is 673 g/mol. The maximum atomic E-state index is 15.2. The van der Waals surface area contributed by atoms with Crippen LogP contribution in [0.5, 0.6) is 0 Å². The first-order chi connectivity index (χ1) is 26.1. The lowest BCUT2D eigenvalue weighted by atomic mass is 9.68. The van der Waals surface area contributed by atoms with Crippen LogP contribution in [0.1, 0.15) is 55.6 Å². The van der Waals surface area contributed by atoms with Gasteiger partial charge in [-0.25, -0.2) is 0 Å². The molecule has 0 unspecified atom stereocenters. The zero-order valence-electron chi connectivity index (χ0n) is 33.9. The highest BCUT2D eigenvalue weighted by Gasteiger charge is 2.55. The molecule has 6 aromatic rings. The number of nitrogens with zero attached hydrogens (tertiary/aromatic N) is 2. The molecule has 2 aliphatic rings. The summed E-state index contributed by atoms with van der Waals surface area (Å²) in [6, 6.07) is 35.4. The van der Waals surface area contributed by atoms with E-state index in [9.17, 15) is 0 Å². The van der Waals surface area contributed by atoms with Gasteiger partial charge < -0.3 is 9.80 Å². The standard InChI is InChI=1S/C51H50N2O2/c1-29-11-30(2)16-37(15-29)39-23-43-27-51(49(54)52(9)47(43)45(25-39)41-19-33(5)13-34(6)20-41)28-44-24-40(38-17-31(3)12-32(4)18-38)26-46(48(44)53(10)50(51)55)42-21-35(7)14-36(8)22-42/h11-26H,27-28H2,1-10H3. The molecule has 1 spiro atoms. The maximum absolute atomic E-state index is 15.2. The Morgan fingerprint density at radius 1 is 0.364 bits per heavy atom. The molecule has 0 aliphatic carbocycles. The number of fused-ring (bicyclic) bond motifs is 2. The minimum absolute atomic E-state index is 0.156. The fourth-order valence-corrected chi connectivity index (χ4v) is 9.72. The summed E-state index contributed by atoms with van der Waals surface area (Å²) in [5, 5.41) is 0. The Bertz CT molecular complexity index is 2350. The molecule has 0 aromatic heterocycles. The van der Waals surface area contributed by atoms with Crippen molar-refractivity contribution in [3.05, 3.63) is 153 Å². The monoisotopic (exact) mass is 722 g/mol. The fourth-order valence-electron chi connectivity index (χ4n) is 9.72. The molecule has 4 heteroatoms. The number of amides is 2. The van der Waals surface area contributed by atoms with E-state index in [0.29, 0.717) is 12.8 Å². The van der Waals surface area contributed by atoms with Crippen molar-refractivity contribution in [1.82, 2.24) is 0 Å². The van der Waals surface area contributed by atoms with Gasteiger partial charge in [0.2, 0.25) is 11.8 Å². The number of hydrogen-bond donors (Lipinski definition) is 0. The summed E-state index contributed by atoms with van der Waals surface area (Å²) in [5.41, 5.74) is 20.6. The number of carbonyl (C=O) groups excluding carboxylic acids is 2. The van der Waals surface area contributed by atoms with Crippen LogP contribution in [0.3, 0.4) is 0 Å². The van der Waals surface area contributed by atoms with E-state index >= 15 is 9.59 Å². The number of anilines is 2. The second-order valence-electron chi connectivity index (χ2n) is 16.7.